The Morgan fingerprint density at radius 2 is 1.79 bits per heavy atom. The molecule has 0 atom stereocenters. The summed E-state index contributed by atoms with van der Waals surface area (Å²) in [5, 5.41) is 16.3. The van der Waals surface area contributed by atoms with Crippen LogP contribution in [0.1, 0.15) is 32.2 Å². The second kappa shape index (κ2) is 7.46. The lowest BCUT2D eigenvalue weighted by atomic mass is 9.96. The number of ether oxygens (including phenoxy) is 1. The van der Waals surface area contributed by atoms with Crippen LogP contribution in [0.15, 0.2) is 54.7 Å². The third kappa shape index (κ3) is 4.31. The van der Waals surface area contributed by atoms with Crippen LogP contribution in [-0.4, -0.2) is 24.8 Å². The Morgan fingerprint density at radius 1 is 1.00 bits per heavy atom. The minimum atomic E-state index is -0.306. The average molecular weight is 392 g/mol. The molecule has 4 aromatic rings. The fourth-order valence-corrected chi connectivity index (χ4v) is 2.74. The first kappa shape index (κ1) is 18.8. The molecule has 0 fully saturated rings. The molecule has 0 spiro atoms. The third-order valence-corrected chi connectivity index (χ3v) is 4.24. The predicted molar refractivity (Wildman–Crippen MR) is 108 cm³/mol. The van der Waals surface area contributed by atoms with Crippen LogP contribution in [-0.2, 0) is 12.0 Å². The molecule has 3 aromatic heterocycles. The molecule has 148 valence electrons. The fraction of sp³-hybridized carbons (Fsp3) is 0.238. The van der Waals surface area contributed by atoms with E-state index in [1.165, 1.54) is 12.1 Å². The van der Waals surface area contributed by atoms with Crippen molar-refractivity contribution < 1.29 is 9.13 Å². The van der Waals surface area contributed by atoms with E-state index in [0.29, 0.717) is 23.8 Å². The summed E-state index contributed by atoms with van der Waals surface area (Å²) in [4.78, 5) is 4.30. The number of nitrogens with zero attached hydrogens (tertiary/aromatic N) is 5. The van der Waals surface area contributed by atoms with E-state index < -0.39 is 0 Å². The van der Waals surface area contributed by atoms with Crippen LogP contribution in [0.25, 0.3) is 5.65 Å². The van der Waals surface area contributed by atoms with E-state index in [9.17, 15) is 4.39 Å². The standard InChI is InChI=1S/C21H21FN6O/c1-21(2,3)20-26-25-18-10-9-17(27-28(18)20)23-12-14-4-11-19(24-13-14)29-16-7-5-15(22)6-8-16/h4-11,13H,12H2,1-3H3,(H,23,27). The molecule has 1 N–H and O–H groups in total. The highest BCUT2D eigenvalue weighted by molar-refractivity contribution is 5.45. The minimum absolute atomic E-state index is 0.157. The van der Waals surface area contributed by atoms with E-state index >= 15 is 0 Å². The Hall–Kier alpha value is -3.55. The SMILES string of the molecule is CC(C)(C)c1nnc2ccc(NCc3ccc(Oc4ccc(F)cc4)nc3)nn12. The van der Waals surface area contributed by atoms with Gasteiger partial charge in [-0.25, -0.2) is 9.37 Å². The Kier molecular flexibility index (Phi) is 4.84. The maximum Gasteiger partial charge on any atom is 0.219 e. The molecule has 0 unspecified atom stereocenters. The minimum Gasteiger partial charge on any atom is -0.439 e. The lowest BCUT2D eigenvalue weighted by molar-refractivity contribution is 0.461. The number of nitrogens with one attached hydrogen (secondary N) is 1. The van der Waals surface area contributed by atoms with Gasteiger partial charge in [0.15, 0.2) is 11.5 Å². The van der Waals surface area contributed by atoms with E-state index in [0.717, 1.165) is 17.2 Å². The third-order valence-electron chi connectivity index (χ3n) is 4.24. The summed E-state index contributed by atoms with van der Waals surface area (Å²) in [6.45, 7) is 6.78. The lowest BCUT2D eigenvalue weighted by Gasteiger charge is -2.15. The molecule has 0 saturated heterocycles. The van der Waals surface area contributed by atoms with E-state index in [2.05, 4.69) is 46.4 Å². The van der Waals surface area contributed by atoms with Gasteiger partial charge in [0.2, 0.25) is 5.88 Å². The number of hydrogen-bond donors (Lipinski definition) is 1. The molecule has 0 bridgehead atoms. The molecule has 7 nitrogen and oxygen atoms in total. The van der Waals surface area contributed by atoms with Crippen molar-refractivity contribution in [3.8, 4) is 11.6 Å². The molecule has 3 heterocycles. The van der Waals surface area contributed by atoms with Gasteiger partial charge >= 0.3 is 0 Å². The number of anilines is 1. The lowest BCUT2D eigenvalue weighted by Crippen LogP contribution is -2.17. The summed E-state index contributed by atoms with van der Waals surface area (Å²) in [6.07, 6.45) is 1.73. The van der Waals surface area contributed by atoms with E-state index in [-0.39, 0.29) is 11.2 Å². The molecular weight excluding hydrogens is 371 g/mol. The summed E-state index contributed by atoms with van der Waals surface area (Å²) in [7, 11) is 0. The zero-order valence-electron chi connectivity index (χ0n) is 16.4. The Morgan fingerprint density at radius 3 is 2.48 bits per heavy atom. The van der Waals surface area contributed by atoms with Gasteiger partial charge in [-0.1, -0.05) is 26.8 Å². The Balaban J connectivity index is 1.43. The van der Waals surface area contributed by atoms with Crippen molar-refractivity contribution in [2.75, 3.05) is 5.32 Å². The fourth-order valence-electron chi connectivity index (χ4n) is 2.74. The van der Waals surface area contributed by atoms with Gasteiger partial charge in [-0.15, -0.1) is 15.3 Å². The van der Waals surface area contributed by atoms with Crippen LogP contribution in [0.4, 0.5) is 10.2 Å². The van der Waals surface area contributed by atoms with Crippen LogP contribution >= 0.6 is 0 Å². The Labute approximate surface area is 167 Å². The molecule has 0 amide bonds. The van der Waals surface area contributed by atoms with Gasteiger partial charge in [0.1, 0.15) is 17.4 Å². The zero-order valence-corrected chi connectivity index (χ0v) is 16.4. The van der Waals surface area contributed by atoms with Crippen LogP contribution in [0.5, 0.6) is 11.6 Å². The highest BCUT2D eigenvalue weighted by atomic mass is 19.1. The largest absolute Gasteiger partial charge is 0.439 e. The molecule has 0 aliphatic heterocycles. The highest BCUT2D eigenvalue weighted by Gasteiger charge is 2.21. The summed E-state index contributed by atoms with van der Waals surface area (Å²) in [5.74, 6) is 2.19. The topological polar surface area (TPSA) is 77.2 Å². The van der Waals surface area contributed by atoms with Crippen molar-refractivity contribution in [2.24, 2.45) is 0 Å². The second-order valence-corrected chi connectivity index (χ2v) is 7.68. The van der Waals surface area contributed by atoms with Gasteiger partial charge in [0.25, 0.3) is 0 Å². The van der Waals surface area contributed by atoms with Gasteiger partial charge in [0.05, 0.1) is 0 Å². The first-order valence-corrected chi connectivity index (χ1v) is 9.24. The van der Waals surface area contributed by atoms with Crippen molar-refractivity contribution in [2.45, 2.75) is 32.7 Å². The van der Waals surface area contributed by atoms with Gasteiger partial charge in [0, 0.05) is 24.2 Å². The molecular formula is C21H21FN6O. The first-order valence-electron chi connectivity index (χ1n) is 9.24. The molecule has 4 rings (SSSR count). The number of halogens is 1. The number of pyridine rings is 1. The molecule has 8 heteroatoms. The first-order chi connectivity index (χ1) is 13.9. The van der Waals surface area contributed by atoms with Crippen LogP contribution < -0.4 is 10.1 Å². The summed E-state index contributed by atoms with van der Waals surface area (Å²) >= 11 is 0. The predicted octanol–water partition coefficient (Wildman–Crippen LogP) is 4.36. The van der Waals surface area contributed by atoms with E-state index in [1.54, 1.807) is 28.9 Å². The van der Waals surface area contributed by atoms with E-state index in [4.69, 9.17) is 4.74 Å². The normalized spacial score (nSPS) is 11.6. The summed E-state index contributed by atoms with van der Waals surface area (Å²) in [6, 6.07) is 13.3. The maximum absolute atomic E-state index is 13.0. The number of fused-ring (bicyclic) bond motifs is 1. The molecule has 0 radical (unpaired) electrons. The van der Waals surface area contributed by atoms with Crippen LogP contribution in [0.2, 0.25) is 0 Å². The number of hydrogen-bond acceptors (Lipinski definition) is 6. The molecule has 29 heavy (non-hydrogen) atoms. The van der Waals surface area contributed by atoms with Crippen molar-refractivity contribution >= 4 is 11.5 Å². The summed E-state index contributed by atoms with van der Waals surface area (Å²) in [5.41, 5.74) is 1.53. The van der Waals surface area contributed by atoms with Gasteiger partial charge in [-0.3, -0.25) is 0 Å². The second-order valence-electron chi connectivity index (χ2n) is 7.68. The van der Waals surface area contributed by atoms with Gasteiger partial charge in [-0.2, -0.15) is 4.52 Å². The van der Waals surface area contributed by atoms with Gasteiger partial charge in [-0.05, 0) is 42.0 Å². The Bertz CT molecular complexity index is 1120. The number of rotatable bonds is 5. The number of aromatic nitrogens is 5. The molecule has 1 aromatic carbocycles. The van der Waals surface area contributed by atoms with E-state index in [1.807, 2.05) is 18.2 Å². The average Bonchev–Trinajstić information content (AvgIpc) is 3.13. The van der Waals surface area contributed by atoms with Crippen LogP contribution in [0.3, 0.4) is 0 Å². The molecule has 0 saturated carbocycles. The smallest absolute Gasteiger partial charge is 0.219 e. The summed E-state index contributed by atoms with van der Waals surface area (Å²) < 4.78 is 20.3. The highest BCUT2D eigenvalue weighted by Crippen LogP contribution is 2.22. The molecule has 0 aliphatic carbocycles. The monoisotopic (exact) mass is 392 g/mol. The zero-order chi connectivity index (χ0) is 20.4. The quantitative estimate of drug-likeness (QED) is 0.544. The number of benzene rings is 1. The van der Waals surface area contributed by atoms with Crippen molar-refractivity contribution in [1.82, 2.24) is 24.8 Å². The van der Waals surface area contributed by atoms with Gasteiger partial charge < -0.3 is 10.1 Å². The van der Waals surface area contributed by atoms with Crippen molar-refractivity contribution in [3.05, 3.63) is 71.9 Å². The van der Waals surface area contributed by atoms with Crippen LogP contribution in [0, 0.1) is 5.82 Å². The molecule has 0 aliphatic rings. The maximum atomic E-state index is 13.0. The van der Waals surface area contributed by atoms with Crippen molar-refractivity contribution in [1.29, 1.82) is 0 Å². The van der Waals surface area contributed by atoms with Crippen molar-refractivity contribution in [3.63, 3.8) is 0 Å².